The first-order valence-corrected chi connectivity index (χ1v) is 8.08. The van der Waals surface area contributed by atoms with Crippen LogP contribution in [0.1, 0.15) is 26.7 Å². The molecule has 0 bridgehead atoms. The van der Waals surface area contributed by atoms with E-state index in [9.17, 15) is 13.2 Å². The lowest BCUT2D eigenvalue weighted by Crippen LogP contribution is -2.54. The fourth-order valence-electron chi connectivity index (χ4n) is 2.24. The molecule has 8 heteroatoms. The van der Waals surface area contributed by atoms with Crippen molar-refractivity contribution in [3.05, 3.63) is 0 Å². The van der Waals surface area contributed by atoms with E-state index in [0.29, 0.717) is 26.2 Å². The summed E-state index contributed by atoms with van der Waals surface area (Å²) in [5.41, 5.74) is 0. The Labute approximate surface area is 115 Å². The average molecular weight is 292 g/mol. The topological polar surface area (TPSA) is 81.8 Å². The molecule has 0 aromatic rings. The van der Waals surface area contributed by atoms with Crippen molar-refractivity contribution in [2.75, 3.05) is 33.2 Å². The summed E-state index contributed by atoms with van der Waals surface area (Å²) in [4.78, 5) is 11.3. The second-order valence-corrected chi connectivity index (χ2v) is 6.44. The van der Waals surface area contributed by atoms with Crippen molar-refractivity contribution in [3.8, 4) is 0 Å². The summed E-state index contributed by atoms with van der Waals surface area (Å²) >= 11 is 0. The Bertz CT molecular complexity index is 395. The molecule has 1 rings (SSSR count). The standard InChI is InChI=1S/C11H24N4O3S/c1-4-14(5-2)19(17,18)15-8-6-7-10(9-15)13-11(16)12-3/h10H,4-9H2,1-3H3,(H2,12,13,16). The number of hydrogen-bond acceptors (Lipinski definition) is 3. The van der Waals surface area contributed by atoms with Crippen LogP contribution in [0.4, 0.5) is 4.79 Å². The zero-order valence-electron chi connectivity index (χ0n) is 11.8. The van der Waals surface area contributed by atoms with Crippen LogP contribution in [0.2, 0.25) is 0 Å². The lowest BCUT2D eigenvalue weighted by atomic mass is 10.1. The molecule has 1 heterocycles. The van der Waals surface area contributed by atoms with Gasteiger partial charge in [-0.25, -0.2) is 4.79 Å². The zero-order valence-corrected chi connectivity index (χ0v) is 12.7. The van der Waals surface area contributed by atoms with Crippen LogP contribution in [0.15, 0.2) is 0 Å². The highest BCUT2D eigenvalue weighted by Gasteiger charge is 2.32. The molecule has 0 aliphatic carbocycles. The molecule has 112 valence electrons. The lowest BCUT2D eigenvalue weighted by Gasteiger charge is -2.35. The fourth-order valence-corrected chi connectivity index (χ4v) is 3.95. The van der Waals surface area contributed by atoms with Gasteiger partial charge in [-0.15, -0.1) is 0 Å². The van der Waals surface area contributed by atoms with Crippen LogP contribution in [-0.4, -0.2) is 62.3 Å². The van der Waals surface area contributed by atoms with E-state index >= 15 is 0 Å². The van der Waals surface area contributed by atoms with Crippen molar-refractivity contribution in [1.82, 2.24) is 19.2 Å². The molecule has 0 aromatic heterocycles. The maximum absolute atomic E-state index is 12.4. The average Bonchev–Trinajstić information content (AvgIpc) is 2.40. The molecule has 1 unspecified atom stereocenters. The van der Waals surface area contributed by atoms with E-state index in [1.54, 1.807) is 7.05 Å². The Morgan fingerprint density at radius 1 is 1.37 bits per heavy atom. The molecule has 0 aromatic carbocycles. The summed E-state index contributed by atoms with van der Waals surface area (Å²) in [7, 11) is -1.86. The van der Waals surface area contributed by atoms with Crippen molar-refractivity contribution in [1.29, 1.82) is 0 Å². The van der Waals surface area contributed by atoms with Crippen LogP contribution >= 0.6 is 0 Å². The second kappa shape index (κ2) is 7.06. The van der Waals surface area contributed by atoms with E-state index in [1.807, 2.05) is 13.8 Å². The summed E-state index contributed by atoms with van der Waals surface area (Å²) in [6.07, 6.45) is 1.56. The quantitative estimate of drug-likeness (QED) is 0.746. The van der Waals surface area contributed by atoms with Crippen molar-refractivity contribution in [3.63, 3.8) is 0 Å². The first-order chi connectivity index (χ1) is 8.95. The van der Waals surface area contributed by atoms with Gasteiger partial charge in [0.1, 0.15) is 0 Å². The second-order valence-electron chi connectivity index (χ2n) is 4.51. The molecule has 1 atom stereocenters. The Balaban J connectivity index is 2.71. The van der Waals surface area contributed by atoms with Crippen molar-refractivity contribution < 1.29 is 13.2 Å². The van der Waals surface area contributed by atoms with Gasteiger partial charge >= 0.3 is 6.03 Å². The maximum atomic E-state index is 12.4. The first-order valence-electron chi connectivity index (χ1n) is 6.69. The van der Waals surface area contributed by atoms with Crippen LogP contribution in [0.25, 0.3) is 0 Å². The fraction of sp³-hybridized carbons (Fsp3) is 0.909. The third-order valence-corrected chi connectivity index (χ3v) is 5.46. The first kappa shape index (κ1) is 16.2. The normalized spacial score (nSPS) is 21.4. The molecule has 1 saturated heterocycles. The molecule has 0 spiro atoms. The van der Waals surface area contributed by atoms with Gasteiger partial charge in [-0.2, -0.15) is 17.0 Å². The van der Waals surface area contributed by atoms with Gasteiger partial charge in [0.25, 0.3) is 10.2 Å². The molecular weight excluding hydrogens is 268 g/mol. The molecule has 0 saturated carbocycles. The third-order valence-electron chi connectivity index (χ3n) is 3.30. The molecule has 1 aliphatic heterocycles. The van der Waals surface area contributed by atoms with Gasteiger partial charge in [-0.3, -0.25) is 0 Å². The number of hydrogen-bond donors (Lipinski definition) is 2. The van der Waals surface area contributed by atoms with E-state index in [4.69, 9.17) is 0 Å². The largest absolute Gasteiger partial charge is 0.341 e. The number of carbonyl (C=O) groups excluding carboxylic acids is 1. The minimum absolute atomic E-state index is 0.126. The number of carbonyl (C=O) groups is 1. The number of piperidine rings is 1. The number of nitrogens with zero attached hydrogens (tertiary/aromatic N) is 2. The summed E-state index contributed by atoms with van der Waals surface area (Å²) in [6, 6.07) is -0.397. The van der Waals surface area contributed by atoms with Crippen LogP contribution in [0.5, 0.6) is 0 Å². The summed E-state index contributed by atoms with van der Waals surface area (Å²) in [6.45, 7) is 5.43. The summed E-state index contributed by atoms with van der Waals surface area (Å²) < 4.78 is 27.6. The van der Waals surface area contributed by atoms with E-state index in [0.717, 1.165) is 12.8 Å². The van der Waals surface area contributed by atoms with E-state index in [2.05, 4.69) is 10.6 Å². The van der Waals surface area contributed by atoms with Gasteiger partial charge in [-0.1, -0.05) is 13.8 Å². The number of rotatable bonds is 5. The van der Waals surface area contributed by atoms with Gasteiger partial charge < -0.3 is 10.6 Å². The third kappa shape index (κ3) is 4.05. The van der Waals surface area contributed by atoms with Gasteiger partial charge in [-0.05, 0) is 12.8 Å². The van der Waals surface area contributed by atoms with E-state index in [-0.39, 0.29) is 12.1 Å². The minimum atomic E-state index is -3.40. The highest BCUT2D eigenvalue weighted by atomic mass is 32.2. The number of nitrogens with one attached hydrogen (secondary N) is 2. The molecule has 7 nitrogen and oxygen atoms in total. The van der Waals surface area contributed by atoms with Crippen LogP contribution < -0.4 is 10.6 Å². The van der Waals surface area contributed by atoms with Crippen LogP contribution in [-0.2, 0) is 10.2 Å². The predicted molar refractivity (Wildman–Crippen MR) is 74.0 cm³/mol. The maximum Gasteiger partial charge on any atom is 0.314 e. The van der Waals surface area contributed by atoms with E-state index in [1.165, 1.54) is 8.61 Å². The smallest absolute Gasteiger partial charge is 0.314 e. The van der Waals surface area contributed by atoms with Crippen LogP contribution in [0.3, 0.4) is 0 Å². The monoisotopic (exact) mass is 292 g/mol. The Hall–Kier alpha value is -0.860. The van der Waals surface area contributed by atoms with Gasteiger partial charge in [0.15, 0.2) is 0 Å². The summed E-state index contributed by atoms with van der Waals surface area (Å²) in [5.74, 6) is 0. The Kier molecular flexibility index (Phi) is 6.02. The molecule has 19 heavy (non-hydrogen) atoms. The van der Waals surface area contributed by atoms with Crippen molar-refractivity contribution >= 4 is 16.2 Å². The molecule has 2 amide bonds. The van der Waals surface area contributed by atoms with Crippen molar-refractivity contribution in [2.45, 2.75) is 32.7 Å². The zero-order chi connectivity index (χ0) is 14.5. The minimum Gasteiger partial charge on any atom is -0.341 e. The van der Waals surface area contributed by atoms with Gasteiger partial charge in [0.05, 0.1) is 0 Å². The van der Waals surface area contributed by atoms with E-state index < -0.39 is 10.2 Å². The molecule has 1 aliphatic rings. The summed E-state index contributed by atoms with van der Waals surface area (Å²) in [5, 5.41) is 5.25. The molecular formula is C11H24N4O3S. The van der Waals surface area contributed by atoms with Crippen molar-refractivity contribution in [2.24, 2.45) is 0 Å². The Morgan fingerprint density at radius 2 is 2.00 bits per heavy atom. The van der Waals surface area contributed by atoms with Gasteiger partial charge in [0.2, 0.25) is 0 Å². The van der Waals surface area contributed by atoms with Gasteiger partial charge in [0, 0.05) is 39.3 Å². The SMILES string of the molecule is CCN(CC)S(=O)(=O)N1CCCC(NC(=O)NC)C1. The predicted octanol–water partition coefficient (Wildman–Crippen LogP) is -0.0336. The molecule has 0 radical (unpaired) electrons. The molecule has 2 N–H and O–H groups in total. The number of urea groups is 1. The van der Waals surface area contributed by atoms with Crippen LogP contribution in [0, 0.1) is 0 Å². The molecule has 1 fully saturated rings. The highest BCUT2D eigenvalue weighted by Crippen LogP contribution is 2.16. The Morgan fingerprint density at radius 3 is 2.53 bits per heavy atom. The number of amides is 2. The lowest BCUT2D eigenvalue weighted by molar-refractivity contribution is 0.224. The highest BCUT2D eigenvalue weighted by molar-refractivity contribution is 7.86.